The standard InChI is InChI=1S/C18H15ClN2/c19-15-7-3-6-13(11-15)18-17-9-4-10-21(17)16-8-2-1-5-14(16)12-20-18/h1-11,18,20H,12H2/p+1/t18-/m1/s1. The minimum absolute atomic E-state index is 0.270. The fourth-order valence-electron chi connectivity index (χ4n) is 3.16. The van der Waals surface area contributed by atoms with Crippen LogP contribution in [0.4, 0.5) is 0 Å². The summed E-state index contributed by atoms with van der Waals surface area (Å²) in [5, 5.41) is 3.17. The van der Waals surface area contributed by atoms with Crippen LogP contribution in [-0.2, 0) is 6.54 Å². The molecule has 0 radical (unpaired) electrons. The highest BCUT2D eigenvalue weighted by molar-refractivity contribution is 6.30. The molecule has 0 saturated carbocycles. The molecule has 104 valence electrons. The monoisotopic (exact) mass is 295 g/mol. The van der Waals surface area contributed by atoms with Crippen LogP contribution in [0.25, 0.3) is 5.69 Å². The van der Waals surface area contributed by atoms with Crippen molar-refractivity contribution < 1.29 is 5.32 Å². The van der Waals surface area contributed by atoms with E-state index in [-0.39, 0.29) is 6.04 Å². The molecule has 0 spiro atoms. The van der Waals surface area contributed by atoms with Crippen molar-refractivity contribution in [2.75, 3.05) is 0 Å². The van der Waals surface area contributed by atoms with Gasteiger partial charge in [0.05, 0.1) is 11.4 Å². The smallest absolute Gasteiger partial charge is 0.153 e. The quantitative estimate of drug-likeness (QED) is 0.711. The Morgan fingerprint density at radius 3 is 2.81 bits per heavy atom. The van der Waals surface area contributed by atoms with Crippen molar-refractivity contribution in [1.29, 1.82) is 0 Å². The number of halogens is 1. The molecule has 3 heteroatoms. The van der Waals surface area contributed by atoms with Gasteiger partial charge in [-0.2, -0.15) is 0 Å². The predicted molar refractivity (Wildman–Crippen MR) is 84.7 cm³/mol. The van der Waals surface area contributed by atoms with E-state index in [4.69, 9.17) is 11.6 Å². The van der Waals surface area contributed by atoms with Crippen LogP contribution in [0.1, 0.15) is 22.9 Å². The average molecular weight is 296 g/mol. The third kappa shape index (κ3) is 2.17. The van der Waals surface area contributed by atoms with Crippen molar-refractivity contribution in [2.24, 2.45) is 0 Å². The lowest BCUT2D eigenvalue weighted by Gasteiger charge is -2.15. The number of hydrogen-bond acceptors (Lipinski definition) is 0. The Labute approximate surface area is 129 Å². The van der Waals surface area contributed by atoms with Crippen molar-refractivity contribution in [3.05, 3.63) is 88.7 Å². The first-order valence-corrected chi connectivity index (χ1v) is 7.55. The molecular formula is C18H16ClN2+. The molecule has 1 aliphatic rings. The van der Waals surface area contributed by atoms with E-state index in [1.165, 1.54) is 22.5 Å². The maximum absolute atomic E-state index is 6.17. The van der Waals surface area contributed by atoms with Crippen LogP contribution in [0, 0.1) is 0 Å². The van der Waals surface area contributed by atoms with E-state index in [0.717, 1.165) is 11.6 Å². The third-order valence-electron chi connectivity index (χ3n) is 4.13. The molecule has 2 aromatic carbocycles. The van der Waals surface area contributed by atoms with Gasteiger partial charge in [0.1, 0.15) is 6.54 Å². The molecular weight excluding hydrogens is 280 g/mol. The summed E-state index contributed by atoms with van der Waals surface area (Å²) in [6.45, 7) is 0.967. The summed E-state index contributed by atoms with van der Waals surface area (Å²) < 4.78 is 2.30. The molecule has 1 aromatic heterocycles. The number of nitrogens with two attached hydrogens (primary N) is 1. The lowest BCUT2D eigenvalue weighted by molar-refractivity contribution is -0.702. The molecule has 0 bridgehead atoms. The van der Waals surface area contributed by atoms with Gasteiger partial charge >= 0.3 is 0 Å². The number of rotatable bonds is 1. The summed E-state index contributed by atoms with van der Waals surface area (Å²) >= 11 is 6.17. The molecule has 0 unspecified atom stereocenters. The van der Waals surface area contributed by atoms with Crippen LogP contribution in [0.3, 0.4) is 0 Å². The van der Waals surface area contributed by atoms with Crippen LogP contribution in [-0.4, -0.2) is 4.57 Å². The summed E-state index contributed by atoms with van der Waals surface area (Å²) in [7, 11) is 0. The summed E-state index contributed by atoms with van der Waals surface area (Å²) in [5.74, 6) is 0. The van der Waals surface area contributed by atoms with Crippen LogP contribution >= 0.6 is 11.6 Å². The Kier molecular flexibility index (Phi) is 3.06. The Hall–Kier alpha value is -2.03. The van der Waals surface area contributed by atoms with E-state index in [2.05, 4.69) is 64.6 Å². The van der Waals surface area contributed by atoms with Crippen LogP contribution in [0.5, 0.6) is 0 Å². The van der Waals surface area contributed by atoms with E-state index in [9.17, 15) is 0 Å². The Morgan fingerprint density at radius 2 is 1.90 bits per heavy atom. The number of quaternary nitrogens is 1. The third-order valence-corrected chi connectivity index (χ3v) is 4.37. The van der Waals surface area contributed by atoms with Crippen LogP contribution in [0.2, 0.25) is 5.02 Å². The molecule has 0 saturated heterocycles. The molecule has 1 atom stereocenters. The second-order valence-corrected chi connectivity index (χ2v) is 5.84. The molecule has 0 aliphatic carbocycles. The topological polar surface area (TPSA) is 21.5 Å². The van der Waals surface area contributed by atoms with Crippen molar-refractivity contribution in [2.45, 2.75) is 12.6 Å². The van der Waals surface area contributed by atoms with E-state index in [0.29, 0.717) is 0 Å². The van der Waals surface area contributed by atoms with Gasteiger partial charge in [-0.25, -0.2) is 0 Å². The normalized spacial score (nSPS) is 16.9. The zero-order valence-electron chi connectivity index (χ0n) is 11.5. The number of aromatic nitrogens is 1. The van der Waals surface area contributed by atoms with Crippen molar-refractivity contribution in [3.8, 4) is 5.69 Å². The lowest BCUT2D eigenvalue weighted by atomic mass is 10.0. The Balaban J connectivity index is 1.87. The zero-order chi connectivity index (χ0) is 14.2. The maximum Gasteiger partial charge on any atom is 0.153 e. The molecule has 0 fully saturated rings. The molecule has 0 amide bonds. The second kappa shape index (κ2) is 5.06. The minimum Gasteiger partial charge on any atom is -0.331 e. The molecule has 1 aliphatic heterocycles. The van der Waals surface area contributed by atoms with E-state index in [1.54, 1.807) is 0 Å². The zero-order valence-corrected chi connectivity index (χ0v) is 12.3. The number of para-hydroxylation sites is 1. The molecule has 3 aromatic rings. The Bertz CT molecular complexity index is 791. The molecule has 2 nitrogen and oxygen atoms in total. The highest BCUT2D eigenvalue weighted by Gasteiger charge is 2.25. The molecule has 2 heterocycles. The van der Waals surface area contributed by atoms with E-state index in [1.807, 2.05) is 12.1 Å². The largest absolute Gasteiger partial charge is 0.331 e. The van der Waals surface area contributed by atoms with Gasteiger partial charge in [0, 0.05) is 22.3 Å². The lowest BCUT2D eigenvalue weighted by Crippen LogP contribution is -2.83. The number of fused-ring (bicyclic) bond motifs is 3. The minimum atomic E-state index is 0.270. The summed E-state index contributed by atoms with van der Waals surface area (Å²) in [6, 6.07) is 21.3. The van der Waals surface area contributed by atoms with Crippen LogP contribution in [0.15, 0.2) is 66.9 Å². The van der Waals surface area contributed by atoms with Gasteiger partial charge in [0.25, 0.3) is 0 Å². The SMILES string of the molecule is Clc1cccc([C@H]2[NH2+]Cc3ccccc3-n3cccc32)c1. The first-order valence-electron chi connectivity index (χ1n) is 7.17. The van der Waals surface area contributed by atoms with Gasteiger partial charge in [-0.05, 0) is 30.3 Å². The van der Waals surface area contributed by atoms with Gasteiger partial charge in [0.2, 0.25) is 0 Å². The maximum atomic E-state index is 6.17. The van der Waals surface area contributed by atoms with Crippen molar-refractivity contribution in [3.63, 3.8) is 0 Å². The van der Waals surface area contributed by atoms with Crippen molar-refractivity contribution >= 4 is 11.6 Å². The van der Waals surface area contributed by atoms with Gasteiger partial charge in [-0.3, -0.25) is 0 Å². The number of benzene rings is 2. The van der Waals surface area contributed by atoms with Crippen molar-refractivity contribution in [1.82, 2.24) is 4.57 Å². The molecule has 2 N–H and O–H groups in total. The second-order valence-electron chi connectivity index (χ2n) is 5.40. The number of hydrogen-bond donors (Lipinski definition) is 1. The summed E-state index contributed by atoms with van der Waals surface area (Å²) in [4.78, 5) is 0. The summed E-state index contributed by atoms with van der Waals surface area (Å²) in [5.41, 5.74) is 5.18. The van der Waals surface area contributed by atoms with Gasteiger partial charge in [-0.1, -0.05) is 41.9 Å². The molecule has 4 rings (SSSR count). The van der Waals surface area contributed by atoms with Gasteiger partial charge in [-0.15, -0.1) is 0 Å². The first kappa shape index (κ1) is 12.7. The fourth-order valence-corrected chi connectivity index (χ4v) is 3.36. The first-order chi connectivity index (χ1) is 10.3. The van der Waals surface area contributed by atoms with Gasteiger partial charge < -0.3 is 9.88 Å². The highest BCUT2D eigenvalue weighted by atomic mass is 35.5. The molecule has 21 heavy (non-hydrogen) atoms. The highest BCUT2D eigenvalue weighted by Crippen LogP contribution is 2.27. The van der Waals surface area contributed by atoms with Crippen LogP contribution < -0.4 is 5.32 Å². The van der Waals surface area contributed by atoms with Gasteiger partial charge in [0.15, 0.2) is 6.04 Å². The average Bonchev–Trinajstić information content (AvgIpc) is 2.92. The predicted octanol–water partition coefficient (Wildman–Crippen LogP) is 3.30. The Morgan fingerprint density at radius 1 is 1.00 bits per heavy atom. The van der Waals surface area contributed by atoms with E-state index >= 15 is 0 Å². The number of nitrogens with zero attached hydrogens (tertiary/aromatic N) is 1. The van der Waals surface area contributed by atoms with E-state index < -0.39 is 0 Å². The summed E-state index contributed by atoms with van der Waals surface area (Å²) in [6.07, 6.45) is 2.14. The fraction of sp³-hybridized carbons (Fsp3) is 0.111.